The van der Waals surface area contributed by atoms with Gasteiger partial charge in [-0.25, -0.2) is 0 Å². The van der Waals surface area contributed by atoms with Crippen LogP contribution in [0.25, 0.3) is 0 Å². The molecule has 1 rings (SSSR count). The number of carbonyl (C=O) groups is 1. The summed E-state index contributed by atoms with van der Waals surface area (Å²) in [6.45, 7) is 2.41. The number of rotatable bonds is 1. The van der Waals surface area contributed by atoms with Gasteiger partial charge in [-0.15, -0.1) is 0 Å². The van der Waals surface area contributed by atoms with E-state index < -0.39 is 0 Å². The number of amides is 1. The van der Waals surface area contributed by atoms with Crippen molar-refractivity contribution in [1.82, 2.24) is 4.90 Å². The van der Waals surface area contributed by atoms with E-state index in [9.17, 15) is 4.79 Å². The van der Waals surface area contributed by atoms with Crippen molar-refractivity contribution in [1.29, 1.82) is 0 Å². The molecule has 0 spiro atoms. The molecule has 1 aliphatic heterocycles. The maximum absolute atomic E-state index is 10.2. The molecule has 0 unspecified atom stereocenters. The van der Waals surface area contributed by atoms with Gasteiger partial charge in [0.15, 0.2) is 0 Å². The van der Waals surface area contributed by atoms with Gasteiger partial charge in [-0.05, 0) is 13.0 Å². The molecule has 3 heteroatoms. The molecule has 0 aromatic carbocycles. The molecule has 3 nitrogen and oxygen atoms in total. The number of ether oxygens (including phenoxy) is 1. The van der Waals surface area contributed by atoms with Gasteiger partial charge < -0.3 is 9.64 Å². The molecule has 0 saturated carbocycles. The fraction of sp³-hybridized carbons (Fsp3) is 0.286. The van der Waals surface area contributed by atoms with Crippen molar-refractivity contribution in [3.63, 3.8) is 0 Å². The van der Waals surface area contributed by atoms with E-state index >= 15 is 0 Å². The minimum atomic E-state index is 0.538. The number of allylic oxidation sites excluding steroid dienone is 1. The second-order valence-corrected chi connectivity index (χ2v) is 1.94. The Bertz CT molecular complexity index is 184. The molecular weight excluding hydrogens is 130 g/mol. The summed E-state index contributed by atoms with van der Waals surface area (Å²) in [4.78, 5) is 11.7. The van der Waals surface area contributed by atoms with Crippen LogP contribution >= 0.6 is 0 Å². The third-order valence-electron chi connectivity index (χ3n) is 1.27. The van der Waals surface area contributed by atoms with Crippen molar-refractivity contribution >= 4 is 6.41 Å². The van der Waals surface area contributed by atoms with Crippen LogP contribution in [0.2, 0.25) is 0 Å². The molecule has 0 aromatic heterocycles. The first kappa shape index (κ1) is 6.86. The quantitative estimate of drug-likeness (QED) is 0.504. The topological polar surface area (TPSA) is 29.5 Å². The van der Waals surface area contributed by atoms with Crippen LogP contribution < -0.4 is 0 Å². The van der Waals surface area contributed by atoms with Gasteiger partial charge in [-0.1, -0.05) is 0 Å². The third kappa shape index (κ3) is 1.37. The highest BCUT2D eigenvalue weighted by atomic mass is 16.5. The maximum Gasteiger partial charge on any atom is 0.214 e. The zero-order chi connectivity index (χ0) is 7.40. The zero-order valence-electron chi connectivity index (χ0n) is 5.78. The highest BCUT2D eigenvalue weighted by Crippen LogP contribution is 2.06. The van der Waals surface area contributed by atoms with Gasteiger partial charge in [0.25, 0.3) is 0 Å². The summed E-state index contributed by atoms with van der Waals surface area (Å²) >= 11 is 0. The first-order valence-electron chi connectivity index (χ1n) is 3.06. The number of carbonyl (C=O) groups excluding carboxylic acids is 1. The molecule has 10 heavy (non-hydrogen) atoms. The lowest BCUT2D eigenvalue weighted by molar-refractivity contribution is -0.116. The van der Waals surface area contributed by atoms with Gasteiger partial charge in [0, 0.05) is 6.20 Å². The van der Waals surface area contributed by atoms with Crippen LogP contribution in [0.4, 0.5) is 0 Å². The van der Waals surface area contributed by atoms with Gasteiger partial charge in [-0.2, -0.15) is 0 Å². The van der Waals surface area contributed by atoms with E-state index in [1.54, 1.807) is 6.20 Å². The zero-order valence-corrected chi connectivity index (χ0v) is 5.78. The Morgan fingerprint density at radius 1 is 1.80 bits per heavy atom. The van der Waals surface area contributed by atoms with Crippen molar-refractivity contribution in [2.45, 2.75) is 6.92 Å². The lowest BCUT2D eigenvalue weighted by Gasteiger charge is -2.18. The maximum atomic E-state index is 10.2. The molecule has 0 bridgehead atoms. The average Bonchev–Trinajstić information content (AvgIpc) is 2.05. The summed E-state index contributed by atoms with van der Waals surface area (Å²) < 4.78 is 5.04. The van der Waals surface area contributed by atoms with Crippen LogP contribution in [-0.2, 0) is 9.53 Å². The predicted molar refractivity (Wildman–Crippen MR) is 36.8 cm³/mol. The second-order valence-electron chi connectivity index (χ2n) is 1.94. The van der Waals surface area contributed by atoms with Crippen LogP contribution in [0.3, 0.4) is 0 Å². The third-order valence-corrected chi connectivity index (χ3v) is 1.27. The van der Waals surface area contributed by atoms with Crippen molar-refractivity contribution in [2.24, 2.45) is 0 Å². The summed E-state index contributed by atoms with van der Waals surface area (Å²) in [5.74, 6) is 0.801. The smallest absolute Gasteiger partial charge is 0.214 e. The molecule has 0 atom stereocenters. The molecule has 0 fully saturated rings. The van der Waals surface area contributed by atoms with E-state index in [1.807, 2.05) is 13.0 Å². The standard InChI is InChI=1S/C7H9NO2/c1-2-7-5-8(6-9)3-4-10-7/h2-4,6H,5H2,1H3. The summed E-state index contributed by atoms with van der Waals surface area (Å²) in [5.41, 5.74) is 0. The van der Waals surface area contributed by atoms with E-state index in [0.717, 1.165) is 12.2 Å². The second kappa shape index (κ2) is 3.06. The van der Waals surface area contributed by atoms with E-state index in [4.69, 9.17) is 4.74 Å². The van der Waals surface area contributed by atoms with E-state index in [-0.39, 0.29) is 0 Å². The number of hydrogen-bond acceptors (Lipinski definition) is 2. The molecule has 54 valence electrons. The summed E-state index contributed by atoms with van der Waals surface area (Å²) in [6, 6.07) is 0. The minimum Gasteiger partial charge on any atom is -0.466 e. The van der Waals surface area contributed by atoms with Crippen LogP contribution in [0.1, 0.15) is 6.92 Å². The van der Waals surface area contributed by atoms with Crippen LogP contribution in [-0.4, -0.2) is 17.9 Å². The Labute approximate surface area is 59.6 Å². The van der Waals surface area contributed by atoms with Crippen molar-refractivity contribution in [3.8, 4) is 0 Å². The Balaban J connectivity index is 2.62. The van der Waals surface area contributed by atoms with Crippen LogP contribution in [0.5, 0.6) is 0 Å². The van der Waals surface area contributed by atoms with Gasteiger partial charge in [0.05, 0.1) is 6.54 Å². The molecule has 1 amide bonds. The molecule has 0 radical (unpaired) electrons. The predicted octanol–water partition coefficient (Wildman–Crippen LogP) is 0.850. The average molecular weight is 139 g/mol. The fourth-order valence-corrected chi connectivity index (χ4v) is 0.698. The largest absolute Gasteiger partial charge is 0.466 e. The highest BCUT2D eigenvalue weighted by Gasteiger charge is 2.05. The minimum absolute atomic E-state index is 0.538. The van der Waals surface area contributed by atoms with Crippen molar-refractivity contribution in [2.75, 3.05) is 6.54 Å². The van der Waals surface area contributed by atoms with Crippen molar-refractivity contribution in [3.05, 3.63) is 24.3 Å². The van der Waals surface area contributed by atoms with E-state index in [1.165, 1.54) is 11.2 Å². The Hall–Kier alpha value is -1.25. The monoisotopic (exact) mass is 139 g/mol. The molecule has 1 heterocycles. The first-order chi connectivity index (χ1) is 4.86. The van der Waals surface area contributed by atoms with Crippen molar-refractivity contribution < 1.29 is 9.53 Å². The number of nitrogens with zero attached hydrogens (tertiary/aromatic N) is 1. The summed E-state index contributed by atoms with van der Waals surface area (Å²) in [7, 11) is 0. The Morgan fingerprint density at radius 3 is 3.20 bits per heavy atom. The van der Waals surface area contributed by atoms with Crippen LogP contribution in [0.15, 0.2) is 24.3 Å². The summed E-state index contributed by atoms with van der Waals surface area (Å²) in [5, 5.41) is 0. The highest BCUT2D eigenvalue weighted by molar-refractivity contribution is 5.50. The number of hydrogen-bond donors (Lipinski definition) is 0. The normalized spacial score (nSPS) is 20.9. The Morgan fingerprint density at radius 2 is 2.60 bits per heavy atom. The molecule has 0 saturated heterocycles. The van der Waals surface area contributed by atoms with Gasteiger partial charge in [-0.3, -0.25) is 4.79 Å². The lowest BCUT2D eigenvalue weighted by atomic mass is 10.4. The molecule has 0 aliphatic carbocycles. The van der Waals surface area contributed by atoms with Crippen LogP contribution in [0, 0.1) is 0 Å². The van der Waals surface area contributed by atoms with Gasteiger partial charge in [0.1, 0.15) is 12.0 Å². The first-order valence-corrected chi connectivity index (χ1v) is 3.06. The lowest BCUT2D eigenvalue weighted by Crippen LogP contribution is -2.21. The molecule has 0 N–H and O–H groups in total. The summed E-state index contributed by atoms with van der Waals surface area (Å²) in [6.07, 6.45) is 5.69. The Kier molecular flexibility index (Phi) is 2.10. The SMILES string of the molecule is CC=C1CN(C=O)C=CO1. The molecular formula is C7H9NO2. The van der Waals surface area contributed by atoms with Gasteiger partial charge in [0.2, 0.25) is 6.41 Å². The van der Waals surface area contributed by atoms with E-state index in [2.05, 4.69) is 0 Å². The fourth-order valence-electron chi connectivity index (χ4n) is 0.698. The van der Waals surface area contributed by atoms with E-state index in [0.29, 0.717) is 6.54 Å². The molecule has 0 aromatic rings. The molecule has 1 aliphatic rings. The van der Waals surface area contributed by atoms with Gasteiger partial charge >= 0.3 is 0 Å².